The van der Waals surface area contributed by atoms with E-state index in [4.69, 9.17) is 25.8 Å². The van der Waals surface area contributed by atoms with Crippen molar-refractivity contribution >= 4 is 29.1 Å². The number of ether oxygens (including phenoxy) is 3. The molecule has 3 rings (SSSR count). The van der Waals surface area contributed by atoms with E-state index in [1.165, 1.54) is 0 Å². The summed E-state index contributed by atoms with van der Waals surface area (Å²) in [5.74, 6) is 1.51. The normalized spacial score (nSPS) is 19.3. The van der Waals surface area contributed by atoms with Gasteiger partial charge < -0.3 is 24.4 Å². The van der Waals surface area contributed by atoms with Gasteiger partial charge in [-0.2, -0.15) is 0 Å². The van der Waals surface area contributed by atoms with Crippen molar-refractivity contribution < 1.29 is 23.8 Å². The third-order valence-electron chi connectivity index (χ3n) is 5.18. The van der Waals surface area contributed by atoms with Crippen LogP contribution in [0.25, 0.3) is 0 Å². The Balaban J connectivity index is 1.49. The van der Waals surface area contributed by atoms with Crippen LogP contribution >= 0.6 is 11.6 Å². The van der Waals surface area contributed by atoms with Crippen LogP contribution in [-0.2, 0) is 19.1 Å². The number of anilines is 1. The number of benzene rings is 1. The summed E-state index contributed by atoms with van der Waals surface area (Å²) >= 11 is 6.10. The second kappa shape index (κ2) is 9.87. The molecule has 0 unspecified atom stereocenters. The van der Waals surface area contributed by atoms with Gasteiger partial charge in [0.15, 0.2) is 0 Å². The number of amides is 2. The van der Waals surface area contributed by atoms with Gasteiger partial charge >= 0.3 is 0 Å². The maximum Gasteiger partial charge on any atom is 0.292 e. The van der Waals surface area contributed by atoms with E-state index in [1.807, 2.05) is 4.90 Å². The van der Waals surface area contributed by atoms with Crippen LogP contribution in [0.1, 0.15) is 32.6 Å². The zero-order valence-electron chi connectivity index (χ0n) is 16.8. The fraction of sp³-hybridized carbons (Fsp3) is 0.524. The highest BCUT2D eigenvalue weighted by molar-refractivity contribution is 6.32. The second-order valence-electron chi connectivity index (χ2n) is 7.28. The third-order valence-corrected chi connectivity index (χ3v) is 5.48. The van der Waals surface area contributed by atoms with Gasteiger partial charge in [-0.1, -0.05) is 11.6 Å². The maximum absolute atomic E-state index is 12.7. The molecule has 1 aromatic rings. The molecule has 0 bridgehead atoms. The van der Waals surface area contributed by atoms with Crippen molar-refractivity contribution in [1.29, 1.82) is 0 Å². The largest absolute Gasteiger partial charge is 0.495 e. The molecule has 0 spiro atoms. The van der Waals surface area contributed by atoms with Gasteiger partial charge in [-0.3, -0.25) is 9.59 Å². The fourth-order valence-corrected chi connectivity index (χ4v) is 3.91. The molecule has 7 nitrogen and oxygen atoms in total. The molecule has 1 aromatic carbocycles. The van der Waals surface area contributed by atoms with Crippen LogP contribution in [0.3, 0.4) is 0 Å². The summed E-state index contributed by atoms with van der Waals surface area (Å²) in [6, 6.07) is 5.14. The molecule has 0 aromatic heterocycles. The average Bonchev–Trinajstić information content (AvgIpc) is 2.72. The number of piperidine rings is 1. The summed E-state index contributed by atoms with van der Waals surface area (Å²) in [4.78, 5) is 26.9. The number of carbonyl (C=O) groups excluding carboxylic acids is 2. The lowest BCUT2D eigenvalue weighted by Crippen LogP contribution is -2.42. The number of nitrogens with one attached hydrogen (secondary N) is 1. The summed E-state index contributed by atoms with van der Waals surface area (Å²) in [5.41, 5.74) is 0.637. The Morgan fingerprint density at radius 3 is 2.83 bits per heavy atom. The Morgan fingerprint density at radius 1 is 1.31 bits per heavy atom. The molecule has 2 heterocycles. The second-order valence-corrected chi connectivity index (χ2v) is 7.69. The molecule has 1 N–H and O–H groups in total. The first-order valence-corrected chi connectivity index (χ1v) is 10.2. The monoisotopic (exact) mass is 422 g/mol. The van der Waals surface area contributed by atoms with Crippen molar-refractivity contribution in [2.45, 2.75) is 32.6 Å². The molecule has 2 aliphatic rings. The number of allylic oxidation sites excluding steroid dienone is 1. The number of hydrogen-bond donors (Lipinski definition) is 1. The Kier molecular flexibility index (Phi) is 7.25. The molecule has 2 aliphatic heterocycles. The lowest BCUT2D eigenvalue weighted by atomic mass is 9.93. The number of likely N-dealkylation sites (tertiary alicyclic amines) is 1. The highest BCUT2D eigenvalue weighted by Gasteiger charge is 2.29. The highest BCUT2D eigenvalue weighted by Crippen LogP contribution is 2.28. The maximum atomic E-state index is 12.7. The van der Waals surface area contributed by atoms with Crippen LogP contribution < -0.4 is 10.1 Å². The topological polar surface area (TPSA) is 77.1 Å². The first-order chi connectivity index (χ1) is 14.0. The number of rotatable bonds is 6. The predicted octanol–water partition coefficient (Wildman–Crippen LogP) is 3.58. The fourth-order valence-electron chi connectivity index (χ4n) is 3.65. The van der Waals surface area contributed by atoms with Gasteiger partial charge in [-0.05, 0) is 50.3 Å². The quantitative estimate of drug-likeness (QED) is 0.758. The average molecular weight is 423 g/mol. The zero-order chi connectivity index (χ0) is 20.8. The van der Waals surface area contributed by atoms with Crippen LogP contribution in [0.5, 0.6) is 5.75 Å². The molecule has 0 saturated carbocycles. The van der Waals surface area contributed by atoms with Gasteiger partial charge in [0.05, 0.1) is 12.1 Å². The molecule has 2 amide bonds. The Morgan fingerprint density at radius 2 is 2.10 bits per heavy atom. The van der Waals surface area contributed by atoms with Crippen molar-refractivity contribution in [2.75, 3.05) is 38.7 Å². The SMILES string of the molecule is COc1ccc(NC(=O)CC[C@@H]2CCCN(C(=O)C3=C(C)OCCO3)C2)cc1Cl. The molecule has 8 heteroatoms. The van der Waals surface area contributed by atoms with Gasteiger partial charge in [0.1, 0.15) is 24.7 Å². The van der Waals surface area contributed by atoms with Crippen LogP contribution in [0.15, 0.2) is 29.7 Å². The van der Waals surface area contributed by atoms with Gasteiger partial charge in [0.25, 0.3) is 5.91 Å². The standard InChI is InChI=1S/C21H27ClN2O5/c1-14-20(29-11-10-28-14)21(26)24-9-3-4-15(13-24)5-8-19(25)23-16-6-7-18(27-2)17(22)12-16/h6-7,12,15H,3-5,8-11,13H2,1-2H3,(H,23,25)/t15-/m0/s1. The molecule has 1 fully saturated rings. The predicted molar refractivity (Wildman–Crippen MR) is 110 cm³/mol. The molecule has 29 heavy (non-hydrogen) atoms. The van der Waals surface area contributed by atoms with E-state index in [9.17, 15) is 9.59 Å². The molecule has 0 aliphatic carbocycles. The van der Waals surface area contributed by atoms with E-state index >= 15 is 0 Å². The van der Waals surface area contributed by atoms with E-state index in [1.54, 1.807) is 32.2 Å². The molecule has 1 saturated heterocycles. The number of halogens is 1. The Hall–Kier alpha value is -2.41. The summed E-state index contributed by atoms with van der Waals surface area (Å²) in [7, 11) is 1.54. The first-order valence-electron chi connectivity index (χ1n) is 9.87. The van der Waals surface area contributed by atoms with Crippen LogP contribution in [-0.4, -0.2) is 50.1 Å². The lowest BCUT2D eigenvalue weighted by Gasteiger charge is -2.34. The molecule has 0 radical (unpaired) electrons. The minimum absolute atomic E-state index is 0.0720. The van der Waals surface area contributed by atoms with Crippen molar-refractivity contribution in [3.05, 3.63) is 34.7 Å². The van der Waals surface area contributed by atoms with E-state index < -0.39 is 0 Å². The van der Waals surface area contributed by atoms with Gasteiger partial charge in [-0.25, -0.2) is 0 Å². The zero-order valence-corrected chi connectivity index (χ0v) is 17.6. The Bertz CT molecular complexity index is 795. The number of methoxy groups -OCH3 is 1. The van der Waals surface area contributed by atoms with E-state index in [0.717, 1.165) is 19.3 Å². The van der Waals surface area contributed by atoms with Crippen molar-refractivity contribution in [2.24, 2.45) is 5.92 Å². The van der Waals surface area contributed by atoms with E-state index in [0.29, 0.717) is 60.7 Å². The minimum atomic E-state index is -0.121. The van der Waals surface area contributed by atoms with Gasteiger partial charge in [0.2, 0.25) is 11.7 Å². The molecular weight excluding hydrogens is 396 g/mol. The van der Waals surface area contributed by atoms with E-state index in [2.05, 4.69) is 5.32 Å². The molecule has 158 valence electrons. The summed E-state index contributed by atoms with van der Waals surface area (Å²) < 4.78 is 16.1. The lowest BCUT2D eigenvalue weighted by molar-refractivity contribution is -0.134. The summed E-state index contributed by atoms with van der Waals surface area (Å²) in [6.07, 6.45) is 3.02. The van der Waals surface area contributed by atoms with Crippen LogP contribution in [0.4, 0.5) is 5.69 Å². The van der Waals surface area contributed by atoms with Crippen molar-refractivity contribution in [3.63, 3.8) is 0 Å². The van der Waals surface area contributed by atoms with E-state index in [-0.39, 0.29) is 17.7 Å². The Labute approximate surface area is 175 Å². The molecular formula is C21H27ClN2O5. The van der Waals surface area contributed by atoms with Crippen LogP contribution in [0, 0.1) is 5.92 Å². The van der Waals surface area contributed by atoms with Gasteiger partial charge in [0, 0.05) is 25.2 Å². The number of hydrogen-bond acceptors (Lipinski definition) is 5. The van der Waals surface area contributed by atoms with Crippen molar-refractivity contribution in [3.8, 4) is 5.75 Å². The van der Waals surface area contributed by atoms with Crippen molar-refractivity contribution in [1.82, 2.24) is 4.90 Å². The number of nitrogens with zero attached hydrogens (tertiary/aromatic N) is 1. The van der Waals surface area contributed by atoms with Gasteiger partial charge in [-0.15, -0.1) is 0 Å². The summed E-state index contributed by atoms with van der Waals surface area (Å²) in [5, 5.41) is 3.31. The summed E-state index contributed by atoms with van der Waals surface area (Å²) in [6.45, 7) is 3.95. The number of carbonyl (C=O) groups is 2. The first kappa shape index (κ1) is 21.3. The third kappa shape index (κ3) is 5.56. The highest BCUT2D eigenvalue weighted by atomic mass is 35.5. The minimum Gasteiger partial charge on any atom is -0.495 e. The molecule has 1 atom stereocenters. The van der Waals surface area contributed by atoms with Crippen LogP contribution in [0.2, 0.25) is 5.02 Å². The smallest absolute Gasteiger partial charge is 0.292 e.